The van der Waals surface area contributed by atoms with Gasteiger partial charge in [0.2, 0.25) is 5.91 Å². The number of nitro benzene ring substituents is 1. The van der Waals surface area contributed by atoms with Gasteiger partial charge in [-0.2, -0.15) is 0 Å². The van der Waals surface area contributed by atoms with Gasteiger partial charge in [0.15, 0.2) is 0 Å². The first-order chi connectivity index (χ1) is 9.95. The highest BCUT2D eigenvalue weighted by atomic mass is 16.6. The highest BCUT2D eigenvalue weighted by molar-refractivity contribution is 5.95. The average Bonchev–Trinajstić information content (AvgIpc) is 2.45. The Hall–Kier alpha value is -2.72. The number of rotatable bonds is 8. The Morgan fingerprint density at radius 1 is 1.38 bits per heavy atom. The summed E-state index contributed by atoms with van der Waals surface area (Å²) in [6.45, 7) is -0.00573. The minimum atomic E-state index is -0.651. The maximum absolute atomic E-state index is 11.8. The fourth-order valence-corrected chi connectivity index (χ4v) is 1.46. The van der Waals surface area contributed by atoms with Crippen LogP contribution in [0.5, 0.6) is 0 Å². The molecule has 1 aromatic rings. The normalized spacial score (nSPS) is 9.95. The Morgan fingerprint density at radius 2 is 2.10 bits per heavy atom. The van der Waals surface area contributed by atoms with Crippen molar-refractivity contribution >= 4 is 23.2 Å². The number of amides is 2. The molecule has 0 spiro atoms. The van der Waals surface area contributed by atoms with E-state index < -0.39 is 16.7 Å². The number of primary amides is 1. The van der Waals surface area contributed by atoms with Gasteiger partial charge in [-0.05, 0) is 12.1 Å². The third-order valence-corrected chi connectivity index (χ3v) is 2.39. The van der Waals surface area contributed by atoms with Crippen LogP contribution < -0.4 is 22.3 Å². The van der Waals surface area contributed by atoms with Gasteiger partial charge in [-0.15, -0.1) is 0 Å². The standard InChI is InChI=1S/C11H15N5O5/c12-10(17)6-21-4-3-14-11(18)7-1-2-8(15-13)9(5-7)16(19)20/h1-2,5,15H,3-4,6,13H2,(H2,12,17)(H,14,18). The Labute approximate surface area is 119 Å². The Balaban J connectivity index is 2.60. The summed E-state index contributed by atoms with van der Waals surface area (Å²) in [6.07, 6.45) is 0. The molecule has 0 aromatic heterocycles. The van der Waals surface area contributed by atoms with Gasteiger partial charge in [0.05, 0.1) is 11.5 Å². The number of ether oxygens (including phenoxy) is 1. The molecule has 0 saturated carbocycles. The summed E-state index contributed by atoms with van der Waals surface area (Å²) in [5.74, 6) is 4.02. The molecule has 10 nitrogen and oxygen atoms in total. The highest BCUT2D eigenvalue weighted by Gasteiger charge is 2.16. The summed E-state index contributed by atoms with van der Waals surface area (Å²) >= 11 is 0. The molecule has 0 fully saturated rings. The molecule has 0 bridgehead atoms. The molecule has 0 atom stereocenters. The van der Waals surface area contributed by atoms with Crippen molar-refractivity contribution in [2.75, 3.05) is 25.2 Å². The van der Waals surface area contributed by atoms with Crippen LogP contribution in [0.3, 0.4) is 0 Å². The molecule has 10 heteroatoms. The lowest BCUT2D eigenvalue weighted by Gasteiger charge is -2.07. The number of nitrogens with zero attached hydrogens (tertiary/aromatic N) is 1. The molecular weight excluding hydrogens is 282 g/mol. The molecule has 0 unspecified atom stereocenters. The minimum Gasteiger partial charge on any atom is -0.370 e. The van der Waals surface area contributed by atoms with Crippen molar-refractivity contribution in [2.24, 2.45) is 11.6 Å². The lowest BCUT2D eigenvalue weighted by atomic mass is 10.1. The summed E-state index contributed by atoms with van der Waals surface area (Å²) in [7, 11) is 0. The number of hydrazine groups is 1. The van der Waals surface area contributed by atoms with Crippen molar-refractivity contribution in [3.63, 3.8) is 0 Å². The van der Waals surface area contributed by atoms with Crippen molar-refractivity contribution < 1.29 is 19.2 Å². The smallest absolute Gasteiger partial charge is 0.294 e. The molecule has 0 aliphatic rings. The summed E-state index contributed by atoms with van der Waals surface area (Å²) in [5.41, 5.74) is 6.94. The summed E-state index contributed by atoms with van der Waals surface area (Å²) < 4.78 is 4.86. The molecule has 0 aliphatic heterocycles. The number of nitrogen functional groups attached to an aromatic ring is 1. The predicted octanol–water partition coefficient (Wildman–Crippen LogP) is -0.888. The van der Waals surface area contributed by atoms with Crippen LogP contribution in [0.2, 0.25) is 0 Å². The van der Waals surface area contributed by atoms with Crippen LogP contribution in [-0.2, 0) is 9.53 Å². The lowest BCUT2D eigenvalue weighted by Crippen LogP contribution is -2.28. The van der Waals surface area contributed by atoms with Crippen LogP contribution in [0.4, 0.5) is 11.4 Å². The fourth-order valence-electron chi connectivity index (χ4n) is 1.46. The van der Waals surface area contributed by atoms with E-state index in [1.54, 1.807) is 0 Å². The molecule has 0 heterocycles. The fraction of sp³-hybridized carbons (Fsp3) is 0.273. The monoisotopic (exact) mass is 297 g/mol. The first-order valence-corrected chi connectivity index (χ1v) is 5.85. The predicted molar refractivity (Wildman–Crippen MR) is 73.3 cm³/mol. The number of carbonyl (C=O) groups is 2. The van der Waals surface area contributed by atoms with Gasteiger partial charge in [0.1, 0.15) is 12.3 Å². The van der Waals surface area contributed by atoms with E-state index in [1.807, 2.05) is 0 Å². The van der Waals surface area contributed by atoms with Gasteiger partial charge in [-0.25, -0.2) is 0 Å². The van der Waals surface area contributed by atoms with Crippen molar-refractivity contribution in [1.29, 1.82) is 0 Å². The molecule has 1 rings (SSSR count). The van der Waals surface area contributed by atoms with Gasteiger partial charge in [0, 0.05) is 18.2 Å². The van der Waals surface area contributed by atoms with Gasteiger partial charge >= 0.3 is 0 Å². The molecule has 21 heavy (non-hydrogen) atoms. The number of nitro groups is 1. The van der Waals surface area contributed by atoms with E-state index in [0.29, 0.717) is 0 Å². The maximum atomic E-state index is 11.8. The Kier molecular flexibility index (Phi) is 6.04. The van der Waals surface area contributed by atoms with Gasteiger partial charge in [0.25, 0.3) is 11.6 Å². The van der Waals surface area contributed by atoms with Gasteiger partial charge in [-0.3, -0.25) is 25.5 Å². The van der Waals surface area contributed by atoms with E-state index in [9.17, 15) is 19.7 Å². The van der Waals surface area contributed by atoms with E-state index in [1.165, 1.54) is 12.1 Å². The van der Waals surface area contributed by atoms with Crippen LogP contribution in [0.1, 0.15) is 10.4 Å². The van der Waals surface area contributed by atoms with Gasteiger partial charge in [-0.1, -0.05) is 0 Å². The number of nitrogens with one attached hydrogen (secondary N) is 2. The minimum absolute atomic E-state index is 0.0964. The van der Waals surface area contributed by atoms with Crippen LogP contribution in [0.25, 0.3) is 0 Å². The van der Waals surface area contributed by atoms with Crippen molar-refractivity contribution in [2.45, 2.75) is 0 Å². The molecule has 0 radical (unpaired) electrons. The van der Waals surface area contributed by atoms with E-state index in [2.05, 4.69) is 10.7 Å². The second-order valence-corrected chi connectivity index (χ2v) is 3.91. The number of hydrogen-bond donors (Lipinski definition) is 4. The van der Waals surface area contributed by atoms with Crippen LogP contribution in [0, 0.1) is 10.1 Å². The quantitative estimate of drug-likeness (QED) is 0.209. The molecule has 6 N–H and O–H groups in total. The van der Waals surface area contributed by atoms with E-state index >= 15 is 0 Å². The largest absolute Gasteiger partial charge is 0.370 e. The third-order valence-electron chi connectivity index (χ3n) is 2.39. The second kappa shape index (κ2) is 7.77. The molecular formula is C11H15N5O5. The van der Waals surface area contributed by atoms with Crippen LogP contribution in [0.15, 0.2) is 18.2 Å². The zero-order valence-electron chi connectivity index (χ0n) is 11.0. The number of hydrogen-bond acceptors (Lipinski definition) is 7. The van der Waals surface area contributed by atoms with E-state index in [0.717, 1.165) is 6.07 Å². The van der Waals surface area contributed by atoms with E-state index in [4.69, 9.17) is 16.3 Å². The number of anilines is 1. The van der Waals surface area contributed by atoms with Crippen molar-refractivity contribution in [3.8, 4) is 0 Å². The highest BCUT2D eigenvalue weighted by Crippen LogP contribution is 2.24. The number of benzene rings is 1. The number of nitrogens with two attached hydrogens (primary N) is 2. The number of carbonyl (C=O) groups excluding carboxylic acids is 2. The third kappa shape index (κ3) is 5.04. The summed E-state index contributed by atoms with van der Waals surface area (Å²) in [4.78, 5) is 32.4. The molecule has 114 valence electrons. The van der Waals surface area contributed by atoms with Gasteiger partial charge < -0.3 is 21.2 Å². The topological polar surface area (TPSA) is 163 Å². The zero-order chi connectivity index (χ0) is 15.8. The van der Waals surface area contributed by atoms with Crippen molar-refractivity contribution in [1.82, 2.24) is 5.32 Å². The van der Waals surface area contributed by atoms with Crippen LogP contribution >= 0.6 is 0 Å². The SMILES string of the molecule is NNc1ccc(C(=O)NCCOCC(N)=O)cc1[N+](=O)[O-]. The van der Waals surface area contributed by atoms with E-state index in [-0.39, 0.29) is 36.7 Å². The lowest BCUT2D eigenvalue weighted by molar-refractivity contribution is -0.384. The Morgan fingerprint density at radius 3 is 2.67 bits per heavy atom. The molecule has 2 amide bonds. The second-order valence-electron chi connectivity index (χ2n) is 3.91. The summed E-state index contributed by atoms with van der Waals surface area (Å²) in [5, 5.41) is 13.3. The Bertz CT molecular complexity index is 548. The molecule has 0 saturated heterocycles. The van der Waals surface area contributed by atoms with Crippen LogP contribution in [-0.4, -0.2) is 36.5 Å². The average molecular weight is 297 g/mol. The first kappa shape index (κ1) is 16.3. The molecule has 1 aromatic carbocycles. The molecule has 0 aliphatic carbocycles. The first-order valence-electron chi connectivity index (χ1n) is 5.85. The zero-order valence-corrected chi connectivity index (χ0v) is 11.0. The summed E-state index contributed by atoms with van der Waals surface area (Å²) in [6, 6.07) is 3.83. The van der Waals surface area contributed by atoms with Crippen molar-refractivity contribution in [3.05, 3.63) is 33.9 Å². The maximum Gasteiger partial charge on any atom is 0.294 e.